The van der Waals surface area contributed by atoms with E-state index in [9.17, 15) is 8.42 Å². The second kappa shape index (κ2) is 6.67. The first-order valence-corrected chi connectivity index (χ1v) is 8.71. The van der Waals surface area contributed by atoms with Crippen LogP contribution in [0.15, 0.2) is 64.7 Å². The van der Waals surface area contributed by atoms with Crippen LogP contribution in [0.1, 0.15) is 11.1 Å². The normalized spacial score (nSPS) is 11.7. The summed E-state index contributed by atoms with van der Waals surface area (Å²) in [6.45, 7) is 1.80. The number of sulfonamides is 1. The van der Waals surface area contributed by atoms with Gasteiger partial charge in [0.05, 0.1) is 11.1 Å². The molecule has 7 heteroatoms. The highest BCUT2D eigenvalue weighted by atomic mass is 32.2. The lowest BCUT2D eigenvalue weighted by atomic mass is 10.1. The van der Waals surface area contributed by atoms with E-state index < -0.39 is 10.0 Å². The van der Waals surface area contributed by atoms with Gasteiger partial charge in [-0.3, -0.25) is 4.72 Å². The third-order valence-electron chi connectivity index (χ3n) is 3.32. The van der Waals surface area contributed by atoms with Gasteiger partial charge in [-0.25, -0.2) is 8.42 Å². The first kappa shape index (κ1) is 15.9. The number of nitrogens with zero attached hydrogens (tertiary/aromatic N) is 2. The Bertz CT molecular complexity index is 950. The topological polar surface area (TPSA) is 85.1 Å². The molecule has 0 saturated carbocycles. The lowest BCUT2D eigenvalue weighted by molar-refractivity contribution is 0.568. The Hall–Kier alpha value is -2.93. The number of anilines is 1. The predicted molar refractivity (Wildman–Crippen MR) is 92.5 cm³/mol. The average Bonchev–Trinajstić information content (AvgIpc) is 3.10. The predicted octanol–water partition coefficient (Wildman–Crippen LogP) is 3.46. The van der Waals surface area contributed by atoms with Gasteiger partial charge in [-0.2, -0.15) is 0 Å². The molecule has 0 radical (unpaired) electrons. The number of benzene rings is 2. The number of aryl methyl sites for hydroxylation is 1. The monoisotopic (exact) mass is 341 g/mol. The van der Waals surface area contributed by atoms with Crippen LogP contribution < -0.4 is 4.72 Å². The van der Waals surface area contributed by atoms with Gasteiger partial charge in [-0.05, 0) is 42.3 Å². The average molecular weight is 341 g/mol. The van der Waals surface area contributed by atoms with Crippen molar-refractivity contribution in [2.24, 2.45) is 0 Å². The molecule has 0 unspecified atom stereocenters. The van der Waals surface area contributed by atoms with Crippen molar-refractivity contribution in [3.05, 3.63) is 71.5 Å². The third-order valence-corrected chi connectivity index (χ3v) is 4.32. The van der Waals surface area contributed by atoms with E-state index in [0.717, 1.165) is 22.1 Å². The van der Waals surface area contributed by atoms with Crippen molar-refractivity contribution >= 4 is 21.8 Å². The minimum Gasteiger partial charge on any atom is -0.423 e. The smallest absolute Gasteiger partial charge is 0.255 e. The fraction of sp³-hybridized carbons (Fsp3) is 0.0588. The quantitative estimate of drug-likeness (QED) is 0.768. The number of rotatable bonds is 5. The van der Waals surface area contributed by atoms with E-state index in [1.807, 2.05) is 30.3 Å². The standard InChI is InChI=1S/C17H15N3O3S/c1-13-11-15(17-19-18-12-23-17)7-8-16(13)20-24(21,22)10-9-14-5-3-2-4-6-14/h2-12,20H,1H3/b10-9-. The molecule has 24 heavy (non-hydrogen) atoms. The molecule has 3 aromatic rings. The Balaban J connectivity index is 1.79. The maximum atomic E-state index is 12.2. The van der Waals surface area contributed by atoms with Crippen LogP contribution in [0.4, 0.5) is 5.69 Å². The van der Waals surface area contributed by atoms with Crippen molar-refractivity contribution < 1.29 is 12.8 Å². The zero-order chi connectivity index (χ0) is 17.0. The lowest BCUT2D eigenvalue weighted by Gasteiger charge is -2.08. The van der Waals surface area contributed by atoms with Gasteiger partial charge in [0.15, 0.2) is 0 Å². The van der Waals surface area contributed by atoms with Crippen molar-refractivity contribution in [3.8, 4) is 11.5 Å². The minimum absolute atomic E-state index is 0.386. The Morgan fingerprint density at radius 2 is 1.92 bits per heavy atom. The zero-order valence-corrected chi connectivity index (χ0v) is 13.7. The molecule has 3 rings (SSSR count). The van der Waals surface area contributed by atoms with Crippen LogP contribution in [0.5, 0.6) is 0 Å². The molecule has 6 nitrogen and oxygen atoms in total. The van der Waals surface area contributed by atoms with Crippen LogP contribution in [0.2, 0.25) is 0 Å². The molecule has 0 aliphatic rings. The molecule has 0 bridgehead atoms. The molecular weight excluding hydrogens is 326 g/mol. The van der Waals surface area contributed by atoms with Crippen LogP contribution in [-0.2, 0) is 10.0 Å². The molecule has 0 amide bonds. The molecule has 0 spiro atoms. The molecule has 0 aliphatic carbocycles. The van der Waals surface area contributed by atoms with Crippen molar-refractivity contribution in [1.82, 2.24) is 10.2 Å². The fourth-order valence-electron chi connectivity index (χ4n) is 2.13. The second-order valence-corrected chi connectivity index (χ2v) is 6.70. The lowest BCUT2D eigenvalue weighted by Crippen LogP contribution is -2.09. The van der Waals surface area contributed by atoms with E-state index in [2.05, 4.69) is 14.9 Å². The molecule has 2 aromatic carbocycles. The van der Waals surface area contributed by atoms with Crippen molar-refractivity contribution in [1.29, 1.82) is 0 Å². The minimum atomic E-state index is -3.60. The summed E-state index contributed by atoms with van der Waals surface area (Å²) in [5.41, 5.74) is 2.79. The third kappa shape index (κ3) is 3.88. The van der Waals surface area contributed by atoms with Crippen molar-refractivity contribution in [2.45, 2.75) is 6.92 Å². The highest BCUT2D eigenvalue weighted by molar-refractivity contribution is 7.95. The summed E-state index contributed by atoms with van der Waals surface area (Å²) in [6, 6.07) is 14.4. The summed E-state index contributed by atoms with van der Waals surface area (Å²) in [7, 11) is -3.60. The SMILES string of the molecule is Cc1cc(-c2nnco2)ccc1NS(=O)(=O)/C=C\c1ccccc1. The maximum Gasteiger partial charge on any atom is 0.255 e. The van der Waals surface area contributed by atoms with Crippen LogP contribution in [0, 0.1) is 6.92 Å². The highest BCUT2D eigenvalue weighted by Crippen LogP contribution is 2.24. The number of hydrogen-bond donors (Lipinski definition) is 1. The Morgan fingerprint density at radius 1 is 1.12 bits per heavy atom. The molecule has 1 aromatic heterocycles. The highest BCUT2D eigenvalue weighted by Gasteiger charge is 2.10. The molecule has 0 fully saturated rings. The Kier molecular flexibility index (Phi) is 4.43. The van der Waals surface area contributed by atoms with Gasteiger partial charge in [0.2, 0.25) is 12.3 Å². The van der Waals surface area contributed by atoms with E-state index in [4.69, 9.17) is 4.42 Å². The maximum absolute atomic E-state index is 12.2. The number of nitrogens with one attached hydrogen (secondary N) is 1. The van der Waals surface area contributed by atoms with Crippen molar-refractivity contribution in [3.63, 3.8) is 0 Å². The van der Waals surface area contributed by atoms with E-state index >= 15 is 0 Å². The summed E-state index contributed by atoms with van der Waals surface area (Å²) in [5, 5.41) is 8.60. The number of aromatic nitrogens is 2. The summed E-state index contributed by atoms with van der Waals surface area (Å²) in [4.78, 5) is 0. The van der Waals surface area contributed by atoms with Crippen LogP contribution in [0.25, 0.3) is 17.5 Å². The molecule has 1 heterocycles. The molecule has 0 saturated heterocycles. The van der Waals surface area contributed by atoms with E-state index in [1.54, 1.807) is 31.2 Å². The fourth-order valence-corrected chi connectivity index (χ4v) is 3.07. The van der Waals surface area contributed by atoms with Gasteiger partial charge in [0.1, 0.15) is 0 Å². The van der Waals surface area contributed by atoms with E-state index in [0.29, 0.717) is 11.6 Å². The summed E-state index contributed by atoms with van der Waals surface area (Å²) in [5.74, 6) is 0.386. The zero-order valence-electron chi connectivity index (χ0n) is 12.9. The van der Waals surface area contributed by atoms with Crippen LogP contribution >= 0.6 is 0 Å². The molecular formula is C17H15N3O3S. The summed E-state index contributed by atoms with van der Waals surface area (Å²) >= 11 is 0. The van der Waals surface area contributed by atoms with Gasteiger partial charge >= 0.3 is 0 Å². The molecule has 0 aliphatic heterocycles. The largest absolute Gasteiger partial charge is 0.423 e. The van der Waals surface area contributed by atoms with Crippen LogP contribution in [0.3, 0.4) is 0 Å². The van der Waals surface area contributed by atoms with Gasteiger partial charge in [-0.1, -0.05) is 30.3 Å². The van der Waals surface area contributed by atoms with E-state index in [1.165, 1.54) is 6.39 Å². The van der Waals surface area contributed by atoms with Gasteiger partial charge in [0, 0.05) is 5.56 Å². The first-order valence-electron chi connectivity index (χ1n) is 7.17. The molecule has 122 valence electrons. The second-order valence-electron chi connectivity index (χ2n) is 5.13. The first-order chi connectivity index (χ1) is 11.5. The Morgan fingerprint density at radius 3 is 2.58 bits per heavy atom. The van der Waals surface area contributed by atoms with Crippen LogP contribution in [-0.4, -0.2) is 18.6 Å². The summed E-state index contributed by atoms with van der Waals surface area (Å²) in [6.07, 6.45) is 2.79. The summed E-state index contributed by atoms with van der Waals surface area (Å²) < 4.78 is 32.1. The molecule has 0 atom stereocenters. The van der Waals surface area contributed by atoms with Gasteiger partial charge in [-0.15, -0.1) is 10.2 Å². The Labute approximate surface area is 139 Å². The van der Waals surface area contributed by atoms with Gasteiger partial charge < -0.3 is 4.42 Å². The molecule has 1 N–H and O–H groups in total. The van der Waals surface area contributed by atoms with E-state index in [-0.39, 0.29) is 0 Å². The van der Waals surface area contributed by atoms with Crippen molar-refractivity contribution in [2.75, 3.05) is 4.72 Å². The number of hydrogen-bond acceptors (Lipinski definition) is 5. The van der Waals surface area contributed by atoms with Gasteiger partial charge in [0.25, 0.3) is 10.0 Å².